The van der Waals surface area contributed by atoms with E-state index in [1.54, 1.807) is 0 Å². The highest BCUT2D eigenvalue weighted by atomic mass is 32.1. The van der Waals surface area contributed by atoms with Gasteiger partial charge in [0.2, 0.25) is 0 Å². The van der Waals surface area contributed by atoms with Crippen LogP contribution in [0.5, 0.6) is 0 Å². The van der Waals surface area contributed by atoms with Crippen LogP contribution in [0.4, 0.5) is 5.69 Å². The third-order valence-electron chi connectivity index (χ3n) is 0.800. The van der Waals surface area contributed by atoms with Gasteiger partial charge in [0.15, 0.2) is 0 Å². The first-order valence-electron chi connectivity index (χ1n) is 2.61. The van der Waals surface area contributed by atoms with Gasteiger partial charge in [0.1, 0.15) is 0 Å². The SMILES string of the molecule is Nc1ccccc1.S=C=S. The van der Waals surface area contributed by atoms with Crippen molar-refractivity contribution in [2.75, 3.05) is 5.73 Å². The highest BCUT2D eigenvalue weighted by molar-refractivity contribution is 7.93. The zero-order valence-electron chi connectivity index (χ0n) is 5.28. The Balaban J connectivity index is 0.000000236. The second kappa shape index (κ2) is 6.36. The lowest BCUT2D eigenvalue weighted by Gasteiger charge is -1.83. The van der Waals surface area contributed by atoms with Gasteiger partial charge in [-0.3, -0.25) is 0 Å². The molecular weight excluding hydrogens is 162 g/mol. The zero-order valence-corrected chi connectivity index (χ0v) is 6.91. The van der Waals surface area contributed by atoms with Crippen molar-refractivity contribution in [3.05, 3.63) is 30.3 Å². The van der Waals surface area contributed by atoms with Gasteiger partial charge in [0, 0.05) is 10.0 Å². The number of thiocarbonyl (C=S) groups is 2. The van der Waals surface area contributed by atoms with Crippen LogP contribution in [0.15, 0.2) is 30.3 Å². The van der Waals surface area contributed by atoms with E-state index in [0.717, 1.165) is 5.69 Å². The fourth-order valence-electron chi connectivity index (χ4n) is 0.453. The van der Waals surface area contributed by atoms with Gasteiger partial charge in [0.05, 0.1) is 0 Å². The number of para-hydroxylation sites is 1. The molecule has 0 spiro atoms. The zero-order chi connectivity index (χ0) is 7.82. The maximum absolute atomic E-state index is 5.36. The van der Waals surface area contributed by atoms with Crippen LogP contribution in [-0.4, -0.2) is 4.31 Å². The molecule has 0 aromatic heterocycles. The predicted octanol–water partition coefficient (Wildman–Crippen LogP) is 2.29. The first kappa shape index (κ1) is 9.24. The van der Waals surface area contributed by atoms with Crippen molar-refractivity contribution in [1.29, 1.82) is 0 Å². The minimum Gasteiger partial charge on any atom is -0.399 e. The molecule has 0 atom stereocenters. The Morgan fingerprint density at radius 2 is 1.50 bits per heavy atom. The molecule has 0 saturated carbocycles. The normalized spacial score (nSPS) is 6.80. The van der Waals surface area contributed by atoms with E-state index in [0.29, 0.717) is 0 Å². The molecule has 0 aliphatic rings. The van der Waals surface area contributed by atoms with Crippen molar-refractivity contribution in [3.63, 3.8) is 0 Å². The molecule has 10 heavy (non-hydrogen) atoms. The van der Waals surface area contributed by atoms with Gasteiger partial charge < -0.3 is 5.73 Å². The molecule has 0 bridgehead atoms. The second-order valence-corrected chi connectivity index (χ2v) is 2.16. The van der Waals surface area contributed by atoms with Gasteiger partial charge in [-0.1, -0.05) is 18.2 Å². The monoisotopic (exact) mass is 169 g/mol. The van der Waals surface area contributed by atoms with Crippen molar-refractivity contribution in [1.82, 2.24) is 0 Å². The third-order valence-corrected chi connectivity index (χ3v) is 0.800. The molecule has 52 valence electrons. The first-order valence-corrected chi connectivity index (χ1v) is 3.42. The van der Waals surface area contributed by atoms with E-state index < -0.39 is 0 Å². The van der Waals surface area contributed by atoms with Crippen molar-refractivity contribution < 1.29 is 0 Å². The third kappa shape index (κ3) is 5.38. The van der Waals surface area contributed by atoms with Crippen LogP contribution in [0.1, 0.15) is 0 Å². The quantitative estimate of drug-likeness (QED) is 0.476. The summed E-state index contributed by atoms with van der Waals surface area (Å²) in [7, 11) is 0. The van der Waals surface area contributed by atoms with Crippen molar-refractivity contribution in [2.45, 2.75) is 0 Å². The average Bonchev–Trinajstić information content (AvgIpc) is 1.91. The Morgan fingerprint density at radius 3 is 1.70 bits per heavy atom. The first-order chi connectivity index (χ1) is 4.81. The van der Waals surface area contributed by atoms with Crippen molar-refractivity contribution in [2.24, 2.45) is 0 Å². The minimum absolute atomic E-state index is 0.822. The summed E-state index contributed by atoms with van der Waals surface area (Å²) < 4.78 is 1.92. The van der Waals surface area contributed by atoms with E-state index in [2.05, 4.69) is 24.4 Å². The molecule has 0 heterocycles. The smallest absolute Gasteiger partial charge is 0.0313 e. The summed E-state index contributed by atoms with van der Waals surface area (Å²) in [6, 6.07) is 9.49. The van der Waals surface area contributed by atoms with E-state index in [1.165, 1.54) is 0 Å². The lowest BCUT2D eigenvalue weighted by molar-refractivity contribution is 1.69. The molecule has 0 fully saturated rings. The summed E-state index contributed by atoms with van der Waals surface area (Å²) in [4.78, 5) is 0. The van der Waals surface area contributed by atoms with Crippen LogP contribution < -0.4 is 5.73 Å². The topological polar surface area (TPSA) is 26.0 Å². The molecule has 0 saturated heterocycles. The van der Waals surface area contributed by atoms with E-state index in [-0.39, 0.29) is 0 Å². The van der Waals surface area contributed by atoms with E-state index in [1.807, 2.05) is 34.6 Å². The Morgan fingerprint density at radius 1 is 1.10 bits per heavy atom. The Bertz CT molecular complexity index is 202. The van der Waals surface area contributed by atoms with Crippen LogP contribution in [0, 0.1) is 0 Å². The van der Waals surface area contributed by atoms with Gasteiger partial charge in [-0.05, 0) is 36.6 Å². The van der Waals surface area contributed by atoms with Gasteiger partial charge in [-0.25, -0.2) is 0 Å². The maximum Gasteiger partial charge on any atom is 0.0313 e. The molecule has 3 heteroatoms. The highest BCUT2D eigenvalue weighted by Gasteiger charge is 1.72. The number of nitrogen functional groups attached to an aromatic ring is 1. The van der Waals surface area contributed by atoms with E-state index in [9.17, 15) is 0 Å². The molecule has 0 unspecified atom stereocenters. The summed E-state index contributed by atoms with van der Waals surface area (Å²) in [5.74, 6) is 0. The standard InChI is InChI=1S/C6H7N.CS2/c7-6-4-2-1-3-5-6;2-1-3/h1-5H,7H2;. The van der Waals surface area contributed by atoms with Crippen LogP contribution in [0.3, 0.4) is 0 Å². The summed E-state index contributed by atoms with van der Waals surface area (Å²) >= 11 is 7.92. The fourth-order valence-corrected chi connectivity index (χ4v) is 0.453. The largest absolute Gasteiger partial charge is 0.399 e. The summed E-state index contributed by atoms with van der Waals surface area (Å²) in [6.45, 7) is 0. The van der Waals surface area contributed by atoms with E-state index >= 15 is 0 Å². The fraction of sp³-hybridized carbons (Fsp3) is 0. The van der Waals surface area contributed by atoms with Gasteiger partial charge in [-0.15, -0.1) is 0 Å². The Kier molecular flexibility index (Phi) is 5.88. The lowest BCUT2D eigenvalue weighted by atomic mass is 10.3. The summed E-state index contributed by atoms with van der Waals surface area (Å²) in [5.41, 5.74) is 6.18. The number of anilines is 1. The molecule has 0 aliphatic carbocycles. The number of rotatable bonds is 0. The molecule has 1 aromatic rings. The maximum atomic E-state index is 5.36. The molecule has 2 N–H and O–H groups in total. The number of hydrogen-bond donors (Lipinski definition) is 1. The lowest BCUT2D eigenvalue weighted by Crippen LogP contribution is -1.79. The average molecular weight is 169 g/mol. The van der Waals surface area contributed by atoms with Crippen molar-refractivity contribution >= 4 is 34.4 Å². The molecular formula is C7H7NS2. The number of benzene rings is 1. The molecule has 0 aliphatic heterocycles. The van der Waals surface area contributed by atoms with Crippen LogP contribution in [0.25, 0.3) is 0 Å². The number of hydrogen-bond acceptors (Lipinski definition) is 3. The van der Waals surface area contributed by atoms with Crippen LogP contribution >= 0.6 is 24.4 Å². The summed E-state index contributed by atoms with van der Waals surface area (Å²) in [5, 5.41) is 0. The van der Waals surface area contributed by atoms with Crippen LogP contribution in [-0.2, 0) is 0 Å². The summed E-state index contributed by atoms with van der Waals surface area (Å²) in [6.07, 6.45) is 0. The molecule has 1 aromatic carbocycles. The second-order valence-electron chi connectivity index (χ2n) is 1.49. The molecule has 0 radical (unpaired) electrons. The minimum atomic E-state index is 0.822. The highest BCUT2D eigenvalue weighted by Crippen LogP contribution is 1.95. The molecule has 0 amide bonds. The predicted molar refractivity (Wildman–Crippen MR) is 51.0 cm³/mol. The number of nitrogens with two attached hydrogens (primary N) is 1. The molecule has 1 nitrogen and oxygen atoms in total. The Hall–Kier alpha value is -0.760. The van der Waals surface area contributed by atoms with Gasteiger partial charge in [0.25, 0.3) is 0 Å². The van der Waals surface area contributed by atoms with Gasteiger partial charge >= 0.3 is 0 Å². The van der Waals surface area contributed by atoms with Crippen LogP contribution in [0.2, 0.25) is 0 Å². The van der Waals surface area contributed by atoms with Crippen molar-refractivity contribution in [3.8, 4) is 0 Å². The molecule has 1 rings (SSSR count). The Labute approximate surface area is 70.9 Å². The van der Waals surface area contributed by atoms with Gasteiger partial charge in [-0.2, -0.15) is 0 Å². The van der Waals surface area contributed by atoms with E-state index in [4.69, 9.17) is 5.73 Å².